The number of furan rings is 1. The smallest absolute Gasteiger partial charge is 0.220 e. The Bertz CT molecular complexity index is 668. The van der Waals surface area contributed by atoms with Gasteiger partial charge < -0.3 is 9.73 Å². The highest BCUT2D eigenvalue weighted by molar-refractivity contribution is 5.95. The van der Waals surface area contributed by atoms with Gasteiger partial charge >= 0.3 is 0 Å². The molecule has 0 spiro atoms. The fourth-order valence-corrected chi connectivity index (χ4v) is 2.25. The molecule has 0 aliphatic rings. The zero-order valence-corrected chi connectivity index (χ0v) is 13.2. The Morgan fingerprint density at radius 2 is 1.82 bits per heavy atom. The number of carbonyl (C=O) groups is 2. The van der Waals surface area contributed by atoms with Gasteiger partial charge in [-0.2, -0.15) is 0 Å². The number of aryl methyl sites for hydroxylation is 3. The topological polar surface area (TPSA) is 59.3 Å². The van der Waals surface area contributed by atoms with Gasteiger partial charge in [-0.15, -0.1) is 0 Å². The Labute approximate surface area is 130 Å². The standard InChI is InChI=1S/C18H21NO3/c1-12-4-6-15(7-5-12)11-19-18(21)9-8-16-10-17(13(2)20)14(3)22-16/h4-7,10H,8-9,11H2,1-3H3,(H,19,21). The first-order chi connectivity index (χ1) is 10.5. The van der Waals surface area contributed by atoms with Crippen molar-refractivity contribution in [1.82, 2.24) is 5.32 Å². The number of benzene rings is 1. The third-order valence-electron chi connectivity index (χ3n) is 3.56. The van der Waals surface area contributed by atoms with Crippen LogP contribution in [0.2, 0.25) is 0 Å². The second-order valence-electron chi connectivity index (χ2n) is 5.50. The Morgan fingerprint density at radius 1 is 1.14 bits per heavy atom. The predicted octanol–water partition coefficient (Wildman–Crippen LogP) is 3.35. The number of amides is 1. The number of carbonyl (C=O) groups excluding carboxylic acids is 2. The summed E-state index contributed by atoms with van der Waals surface area (Å²) in [5, 5.41) is 2.89. The molecule has 0 radical (unpaired) electrons. The van der Waals surface area contributed by atoms with E-state index in [9.17, 15) is 9.59 Å². The van der Waals surface area contributed by atoms with E-state index in [1.165, 1.54) is 12.5 Å². The maximum Gasteiger partial charge on any atom is 0.220 e. The van der Waals surface area contributed by atoms with Crippen molar-refractivity contribution in [3.05, 3.63) is 58.5 Å². The maximum atomic E-state index is 11.9. The van der Waals surface area contributed by atoms with Crippen molar-refractivity contribution in [1.29, 1.82) is 0 Å². The molecular formula is C18H21NO3. The lowest BCUT2D eigenvalue weighted by Gasteiger charge is -2.05. The Balaban J connectivity index is 1.81. The molecule has 2 aromatic rings. The van der Waals surface area contributed by atoms with Crippen molar-refractivity contribution in [3.8, 4) is 0 Å². The molecule has 0 aliphatic carbocycles. The first kappa shape index (κ1) is 16.0. The van der Waals surface area contributed by atoms with Crippen LogP contribution in [0.15, 0.2) is 34.7 Å². The van der Waals surface area contributed by atoms with Gasteiger partial charge in [-0.3, -0.25) is 9.59 Å². The van der Waals surface area contributed by atoms with E-state index >= 15 is 0 Å². The highest BCUT2D eigenvalue weighted by Gasteiger charge is 2.12. The third kappa shape index (κ3) is 4.32. The van der Waals surface area contributed by atoms with Crippen molar-refractivity contribution >= 4 is 11.7 Å². The van der Waals surface area contributed by atoms with Gasteiger partial charge in [0, 0.05) is 19.4 Å². The summed E-state index contributed by atoms with van der Waals surface area (Å²) in [5.74, 6) is 1.24. The van der Waals surface area contributed by atoms with E-state index in [0.717, 1.165) is 5.56 Å². The van der Waals surface area contributed by atoms with Gasteiger partial charge in [-0.05, 0) is 32.4 Å². The zero-order chi connectivity index (χ0) is 16.1. The highest BCUT2D eigenvalue weighted by Crippen LogP contribution is 2.16. The first-order valence-electron chi connectivity index (χ1n) is 7.38. The van der Waals surface area contributed by atoms with Crippen molar-refractivity contribution in [2.75, 3.05) is 0 Å². The predicted molar refractivity (Wildman–Crippen MR) is 84.8 cm³/mol. The van der Waals surface area contributed by atoms with E-state index in [0.29, 0.717) is 36.5 Å². The van der Waals surface area contributed by atoms with Crippen LogP contribution in [0.5, 0.6) is 0 Å². The molecule has 0 unspecified atom stereocenters. The quantitative estimate of drug-likeness (QED) is 0.832. The summed E-state index contributed by atoms with van der Waals surface area (Å²) in [7, 11) is 0. The van der Waals surface area contributed by atoms with Gasteiger partial charge in [-0.25, -0.2) is 0 Å². The van der Waals surface area contributed by atoms with Crippen molar-refractivity contribution in [2.45, 2.75) is 40.2 Å². The number of hydrogen-bond acceptors (Lipinski definition) is 3. The van der Waals surface area contributed by atoms with Gasteiger partial charge in [0.1, 0.15) is 11.5 Å². The molecule has 0 saturated carbocycles. The van der Waals surface area contributed by atoms with Crippen LogP contribution in [0.25, 0.3) is 0 Å². The summed E-state index contributed by atoms with van der Waals surface area (Å²) in [6.07, 6.45) is 0.837. The zero-order valence-electron chi connectivity index (χ0n) is 13.2. The number of rotatable bonds is 6. The van der Waals surface area contributed by atoms with Crippen LogP contribution in [0, 0.1) is 13.8 Å². The molecule has 0 atom stereocenters. The van der Waals surface area contributed by atoms with E-state index in [-0.39, 0.29) is 11.7 Å². The van der Waals surface area contributed by atoms with Crippen molar-refractivity contribution in [3.63, 3.8) is 0 Å². The van der Waals surface area contributed by atoms with Crippen molar-refractivity contribution < 1.29 is 14.0 Å². The Morgan fingerprint density at radius 3 is 2.41 bits per heavy atom. The summed E-state index contributed by atoms with van der Waals surface area (Å²) >= 11 is 0. The molecule has 4 heteroatoms. The number of Topliss-reactive ketones (excluding diaryl/α,β-unsaturated/α-hetero) is 1. The summed E-state index contributed by atoms with van der Waals surface area (Å²) in [5.41, 5.74) is 2.87. The average Bonchev–Trinajstić information content (AvgIpc) is 2.86. The monoisotopic (exact) mass is 299 g/mol. The normalized spacial score (nSPS) is 10.5. The van der Waals surface area contributed by atoms with Gasteiger partial charge in [0.05, 0.1) is 5.56 Å². The van der Waals surface area contributed by atoms with Gasteiger partial charge in [0.2, 0.25) is 5.91 Å². The summed E-state index contributed by atoms with van der Waals surface area (Å²) in [6, 6.07) is 9.78. The maximum absolute atomic E-state index is 11.9. The molecule has 0 fully saturated rings. The van der Waals surface area contributed by atoms with Crippen LogP contribution >= 0.6 is 0 Å². The molecule has 2 rings (SSSR count). The van der Waals surface area contributed by atoms with Crippen molar-refractivity contribution in [2.24, 2.45) is 0 Å². The average molecular weight is 299 g/mol. The second-order valence-corrected chi connectivity index (χ2v) is 5.50. The molecular weight excluding hydrogens is 278 g/mol. The Hall–Kier alpha value is -2.36. The molecule has 0 saturated heterocycles. The molecule has 4 nitrogen and oxygen atoms in total. The molecule has 1 N–H and O–H groups in total. The van der Waals surface area contributed by atoms with E-state index in [2.05, 4.69) is 5.32 Å². The van der Waals surface area contributed by atoms with Gasteiger partial charge in [0.25, 0.3) is 0 Å². The van der Waals surface area contributed by atoms with E-state index < -0.39 is 0 Å². The largest absolute Gasteiger partial charge is 0.466 e. The van der Waals surface area contributed by atoms with Crippen LogP contribution in [-0.2, 0) is 17.8 Å². The summed E-state index contributed by atoms with van der Waals surface area (Å²) in [4.78, 5) is 23.2. The molecule has 22 heavy (non-hydrogen) atoms. The van der Waals surface area contributed by atoms with E-state index in [4.69, 9.17) is 4.42 Å². The number of ketones is 1. The molecule has 116 valence electrons. The lowest BCUT2D eigenvalue weighted by molar-refractivity contribution is -0.121. The molecule has 1 aromatic heterocycles. The van der Waals surface area contributed by atoms with E-state index in [1.807, 2.05) is 31.2 Å². The fourth-order valence-electron chi connectivity index (χ4n) is 2.25. The fraction of sp³-hybridized carbons (Fsp3) is 0.333. The van der Waals surface area contributed by atoms with E-state index in [1.54, 1.807) is 13.0 Å². The van der Waals surface area contributed by atoms with Crippen LogP contribution < -0.4 is 5.32 Å². The van der Waals surface area contributed by atoms with Gasteiger partial charge in [-0.1, -0.05) is 29.8 Å². The van der Waals surface area contributed by atoms with Crippen LogP contribution in [-0.4, -0.2) is 11.7 Å². The molecule has 0 aliphatic heterocycles. The number of hydrogen-bond donors (Lipinski definition) is 1. The first-order valence-corrected chi connectivity index (χ1v) is 7.38. The summed E-state index contributed by atoms with van der Waals surface area (Å²) in [6.45, 7) is 5.83. The lowest BCUT2D eigenvalue weighted by Crippen LogP contribution is -2.22. The summed E-state index contributed by atoms with van der Waals surface area (Å²) < 4.78 is 5.50. The van der Waals surface area contributed by atoms with Crippen LogP contribution in [0.1, 0.15) is 46.3 Å². The SMILES string of the molecule is CC(=O)c1cc(CCC(=O)NCc2ccc(C)cc2)oc1C. The second kappa shape index (κ2) is 7.07. The Kier molecular flexibility index (Phi) is 5.15. The molecule has 0 bridgehead atoms. The minimum absolute atomic E-state index is 0.0173. The minimum atomic E-state index is -0.0287. The third-order valence-corrected chi connectivity index (χ3v) is 3.56. The molecule has 1 amide bonds. The number of nitrogens with one attached hydrogen (secondary N) is 1. The molecule has 1 heterocycles. The molecule has 1 aromatic carbocycles. The van der Waals surface area contributed by atoms with Gasteiger partial charge in [0.15, 0.2) is 5.78 Å². The van der Waals surface area contributed by atoms with Crippen LogP contribution in [0.3, 0.4) is 0 Å². The van der Waals surface area contributed by atoms with Crippen LogP contribution in [0.4, 0.5) is 0 Å². The minimum Gasteiger partial charge on any atom is -0.466 e. The lowest BCUT2D eigenvalue weighted by atomic mass is 10.1. The highest BCUT2D eigenvalue weighted by atomic mass is 16.3.